The summed E-state index contributed by atoms with van der Waals surface area (Å²) in [5.41, 5.74) is 12.6. The number of hydrogen-bond acceptors (Lipinski definition) is 4. The smallest absolute Gasteiger partial charge is 0.337 e. The first kappa shape index (κ1) is 14.2. The monoisotopic (exact) mass is 283 g/mol. The van der Waals surface area contributed by atoms with Crippen molar-refractivity contribution < 1.29 is 9.90 Å². The maximum atomic E-state index is 10.7. The van der Waals surface area contributed by atoms with E-state index in [4.69, 9.17) is 16.6 Å². The molecule has 0 unspecified atom stereocenters. The molecule has 0 fully saturated rings. The molecule has 0 aliphatic rings. The lowest BCUT2D eigenvalue weighted by Crippen LogP contribution is -2.17. The molecule has 21 heavy (non-hydrogen) atoms. The highest BCUT2D eigenvalue weighted by Gasteiger charge is 2.05. The molecule has 1 heterocycles. The molecule has 0 spiro atoms. The summed E-state index contributed by atoms with van der Waals surface area (Å²) in [4.78, 5) is 14.6. The van der Waals surface area contributed by atoms with Gasteiger partial charge in [0.1, 0.15) is 5.69 Å². The van der Waals surface area contributed by atoms with Crippen LogP contribution in [0.2, 0.25) is 0 Å². The van der Waals surface area contributed by atoms with Crippen LogP contribution in [-0.4, -0.2) is 27.7 Å². The Morgan fingerprint density at radius 3 is 2.19 bits per heavy atom. The Balaban J connectivity index is 2.19. The van der Waals surface area contributed by atoms with Crippen molar-refractivity contribution >= 4 is 17.6 Å². The van der Waals surface area contributed by atoms with Gasteiger partial charge in [-0.2, -0.15) is 0 Å². The molecule has 2 aromatic rings. The average Bonchev–Trinajstić information content (AvgIpc) is 2.53. The van der Waals surface area contributed by atoms with Gasteiger partial charge in [-0.1, -0.05) is 30.3 Å². The number of aromatic carboxylic acids is 1. The molecule has 1 aromatic carbocycles. The Hall–Kier alpha value is -3.22. The Morgan fingerprint density at radius 1 is 0.952 bits per heavy atom. The molecule has 0 atom stereocenters. The number of carbonyl (C=O) groups is 1. The third kappa shape index (κ3) is 3.63. The van der Waals surface area contributed by atoms with Crippen LogP contribution in [0.5, 0.6) is 0 Å². The van der Waals surface area contributed by atoms with E-state index in [1.54, 1.807) is 12.1 Å². The first-order chi connectivity index (χ1) is 10.1. The van der Waals surface area contributed by atoms with Crippen molar-refractivity contribution in [3.63, 3.8) is 0 Å². The average molecular weight is 283 g/mol. The molecule has 0 aliphatic carbocycles. The van der Waals surface area contributed by atoms with E-state index in [9.17, 15) is 4.79 Å². The number of carboxylic acids is 1. The van der Waals surface area contributed by atoms with E-state index in [2.05, 4.69) is 15.2 Å². The standard InChI is InChI=1S/C14H13N5O2/c15-12(9-4-2-1-3-5-9)18-19-13(16)11-7-6-10(8-17-11)14(20)21/h1-8H,(H2,15,18)(H2,16,19)(H,20,21). The van der Waals surface area contributed by atoms with E-state index in [0.717, 1.165) is 5.56 Å². The minimum absolute atomic E-state index is 0.0471. The van der Waals surface area contributed by atoms with Gasteiger partial charge in [0, 0.05) is 11.8 Å². The third-order valence-electron chi connectivity index (χ3n) is 2.61. The summed E-state index contributed by atoms with van der Waals surface area (Å²) in [5, 5.41) is 16.4. The fourth-order valence-electron chi connectivity index (χ4n) is 1.50. The molecule has 5 N–H and O–H groups in total. The number of benzene rings is 1. The SMILES string of the molecule is N/C(=N\N=C(/N)c1ccc(C(=O)O)cn1)c1ccccc1. The Labute approximate surface area is 120 Å². The van der Waals surface area contributed by atoms with Gasteiger partial charge in [-0.25, -0.2) is 4.79 Å². The minimum Gasteiger partial charge on any atom is -0.478 e. The summed E-state index contributed by atoms with van der Waals surface area (Å²) in [7, 11) is 0. The fourth-order valence-corrected chi connectivity index (χ4v) is 1.50. The summed E-state index contributed by atoms with van der Waals surface area (Å²) in [6.45, 7) is 0. The van der Waals surface area contributed by atoms with E-state index in [-0.39, 0.29) is 17.2 Å². The molecule has 0 amide bonds. The molecular formula is C14H13N5O2. The van der Waals surface area contributed by atoms with E-state index in [1.807, 2.05) is 18.2 Å². The first-order valence-corrected chi connectivity index (χ1v) is 5.99. The highest BCUT2D eigenvalue weighted by molar-refractivity contribution is 6.00. The molecule has 106 valence electrons. The lowest BCUT2D eigenvalue weighted by molar-refractivity contribution is 0.0696. The van der Waals surface area contributed by atoms with Gasteiger partial charge in [0.05, 0.1) is 5.56 Å². The van der Waals surface area contributed by atoms with Crippen LogP contribution in [0.4, 0.5) is 0 Å². The summed E-state index contributed by atoms with van der Waals surface area (Å²) >= 11 is 0. The number of nitrogens with two attached hydrogens (primary N) is 2. The summed E-state index contributed by atoms with van der Waals surface area (Å²) in [5.74, 6) is -0.789. The highest BCUT2D eigenvalue weighted by Crippen LogP contribution is 2.01. The molecule has 1 aromatic heterocycles. The zero-order valence-electron chi connectivity index (χ0n) is 11.0. The van der Waals surface area contributed by atoms with Crippen molar-refractivity contribution in [1.82, 2.24) is 4.98 Å². The van der Waals surface area contributed by atoms with Crippen LogP contribution in [0.3, 0.4) is 0 Å². The minimum atomic E-state index is -1.06. The number of carboxylic acid groups (broad SMARTS) is 1. The van der Waals surface area contributed by atoms with E-state index in [1.165, 1.54) is 18.3 Å². The van der Waals surface area contributed by atoms with Crippen LogP contribution >= 0.6 is 0 Å². The lowest BCUT2D eigenvalue weighted by atomic mass is 10.2. The molecule has 0 saturated heterocycles. The maximum absolute atomic E-state index is 10.7. The second-order valence-corrected chi connectivity index (χ2v) is 4.07. The van der Waals surface area contributed by atoms with Crippen LogP contribution in [0, 0.1) is 0 Å². The Kier molecular flexibility index (Phi) is 4.25. The predicted octanol–water partition coefficient (Wildman–Crippen LogP) is 0.806. The van der Waals surface area contributed by atoms with Crippen molar-refractivity contribution in [3.05, 3.63) is 65.5 Å². The fraction of sp³-hybridized carbons (Fsp3) is 0. The number of amidine groups is 2. The van der Waals surface area contributed by atoms with Gasteiger partial charge in [0.15, 0.2) is 11.7 Å². The van der Waals surface area contributed by atoms with Crippen LogP contribution in [-0.2, 0) is 0 Å². The lowest BCUT2D eigenvalue weighted by Gasteiger charge is -2.00. The number of nitrogens with zero attached hydrogens (tertiary/aromatic N) is 3. The summed E-state index contributed by atoms with van der Waals surface area (Å²) in [6.07, 6.45) is 1.20. The Morgan fingerprint density at radius 2 is 1.62 bits per heavy atom. The molecule has 7 nitrogen and oxygen atoms in total. The summed E-state index contributed by atoms with van der Waals surface area (Å²) < 4.78 is 0. The molecule has 0 aliphatic heterocycles. The number of aromatic nitrogens is 1. The maximum Gasteiger partial charge on any atom is 0.337 e. The second-order valence-electron chi connectivity index (χ2n) is 4.07. The van der Waals surface area contributed by atoms with Gasteiger partial charge in [-0.15, -0.1) is 10.2 Å². The van der Waals surface area contributed by atoms with Crippen LogP contribution in [0.25, 0.3) is 0 Å². The van der Waals surface area contributed by atoms with Crippen molar-refractivity contribution in [3.8, 4) is 0 Å². The van der Waals surface area contributed by atoms with Gasteiger partial charge < -0.3 is 16.6 Å². The third-order valence-corrected chi connectivity index (χ3v) is 2.61. The van der Waals surface area contributed by atoms with Gasteiger partial charge in [-0.3, -0.25) is 4.98 Å². The van der Waals surface area contributed by atoms with Crippen molar-refractivity contribution in [2.24, 2.45) is 21.7 Å². The second kappa shape index (κ2) is 6.29. The number of rotatable bonds is 4. The van der Waals surface area contributed by atoms with Gasteiger partial charge in [-0.05, 0) is 12.1 Å². The van der Waals surface area contributed by atoms with Crippen molar-refractivity contribution in [2.45, 2.75) is 0 Å². The number of pyridine rings is 1. The van der Waals surface area contributed by atoms with Crippen LogP contribution in [0.15, 0.2) is 58.9 Å². The first-order valence-electron chi connectivity index (χ1n) is 5.99. The van der Waals surface area contributed by atoms with Gasteiger partial charge >= 0.3 is 5.97 Å². The van der Waals surface area contributed by atoms with E-state index >= 15 is 0 Å². The highest BCUT2D eigenvalue weighted by atomic mass is 16.4. The normalized spacial score (nSPS) is 12.2. The largest absolute Gasteiger partial charge is 0.478 e. The van der Waals surface area contributed by atoms with E-state index < -0.39 is 5.97 Å². The number of hydrogen-bond donors (Lipinski definition) is 3. The van der Waals surface area contributed by atoms with Crippen LogP contribution < -0.4 is 11.5 Å². The molecule has 0 bridgehead atoms. The van der Waals surface area contributed by atoms with Gasteiger partial charge in [0.25, 0.3) is 0 Å². The summed E-state index contributed by atoms with van der Waals surface area (Å²) in [6, 6.07) is 12.0. The molecule has 2 rings (SSSR count). The molecule has 0 radical (unpaired) electrons. The quantitative estimate of drug-likeness (QED) is 0.434. The molecule has 7 heteroatoms. The molecular weight excluding hydrogens is 270 g/mol. The van der Waals surface area contributed by atoms with Crippen molar-refractivity contribution in [1.29, 1.82) is 0 Å². The van der Waals surface area contributed by atoms with Crippen molar-refractivity contribution in [2.75, 3.05) is 0 Å². The zero-order chi connectivity index (χ0) is 15.2. The predicted molar refractivity (Wildman–Crippen MR) is 79.1 cm³/mol. The Bertz CT molecular complexity index is 693. The van der Waals surface area contributed by atoms with Crippen LogP contribution in [0.1, 0.15) is 21.6 Å². The topological polar surface area (TPSA) is 127 Å². The zero-order valence-corrected chi connectivity index (χ0v) is 11.0. The van der Waals surface area contributed by atoms with E-state index in [0.29, 0.717) is 5.69 Å². The van der Waals surface area contributed by atoms with Gasteiger partial charge in [0.2, 0.25) is 0 Å². The molecule has 0 saturated carbocycles.